The Bertz CT molecular complexity index is 875. The highest BCUT2D eigenvalue weighted by atomic mass is 35.5. The Morgan fingerprint density at radius 2 is 1.73 bits per heavy atom. The first-order chi connectivity index (χ1) is 14.3. The highest BCUT2D eigenvalue weighted by Crippen LogP contribution is 2.20. The summed E-state index contributed by atoms with van der Waals surface area (Å²) in [7, 11) is 1.55. The van der Waals surface area contributed by atoms with Crippen molar-refractivity contribution in [3.8, 4) is 0 Å². The summed E-state index contributed by atoms with van der Waals surface area (Å²) in [5, 5.41) is 14.0. The zero-order chi connectivity index (χ0) is 22.1. The lowest BCUT2D eigenvalue weighted by molar-refractivity contribution is -0.384. The molecule has 0 aliphatic heterocycles. The lowest BCUT2D eigenvalue weighted by Gasteiger charge is -2.30. The molecule has 30 heavy (non-hydrogen) atoms. The van der Waals surface area contributed by atoms with Crippen LogP contribution in [0, 0.1) is 10.1 Å². The Balaban J connectivity index is 2.06. The molecule has 0 saturated heterocycles. The van der Waals surface area contributed by atoms with Gasteiger partial charge in [0.05, 0.1) is 10.7 Å². The number of nitrogens with zero attached hydrogens (tertiary/aromatic N) is 2. The maximum absolute atomic E-state index is 13.0. The molecule has 0 bridgehead atoms. The molecule has 0 spiro atoms. The summed E-state index contributed by atoms with van der Waals surface area (Å²) in [6.07, 6.45) is 0.492. The predicted molar refractivity (Wildman–Crippen MR) is 119 cm³/mol. The number of rotatable bonds is 10. The van der Waals surface area contributed by atoms with Crippen LogP contribution in [0.1, 0.15) is 24.5 Å². The summed E-state index contributed by atoms with van der Waals surface area (Å²) < 4.78 is 0. The van der Waals surface area contributed by atoms with Crippen LogP contribution in [-0.2, 0) is 21.9 Å². The number of hydrogen-bond acceptors (Lipinski definition) is 5. The first-order valence-electron chi connectivity index (χ1n) is 9.42. The first kappa shape index (κ1) is 23.7. The molecule has 1 atom stereocenters. The Kier molecular flexibility index (Phi) is 9.14. The van der Waals surface area contributed by atoms with Crippen LogP contribution in [0.4, 0.5) is 5.69 Å². The van der Waals surface area contributed by atoms with Crippen LogP contribution in [0.15, 0.2) is 48.5 Å². The summed E-state index contributed by atoms with van der Waals surface area (Å²) in [5.41, 5.74) is 1.81. The number of hydrogen-bond donors (Lipinski definition) is 1. The van der Waals surface area contributed by atoms with Gasteiger partial charge >= 0.3 is 0 Å². The van der Waals surface area contributed by atoms with Gasteiger partial charge in [0, 0.05) is 36.5 Å². The van der Waals surface area contributed by atoms with Crippen LogP contribution in [0.5, 0.6) is 0 Å². The highest BCUT2D eigenvalue weighted by molar-refractivity contribution is 7.99. The van der Waals surface area contributed by atoms with E-state index in [1.54, 1.807) is 36.2 Å². The van der Waals surface area contributed by atoms with Gasteiger partial charge in [-0.1, -0.05) is 42.8 Å². The van der Waals surface area contributed by atoms with E-state index in [9.17, 15) is 19.7 Å². The van der Waals surface area contributed by atoms with Crippen LogP contribution in [-0.4, -0.2) is 40.5 Å². The number of thioether (sulfide) groups is 1. The molecule has 0 fully saturated rings. The number of amides is 2. The van der Waals surface area contributed by atoms with Crippen LogP contribution < -0.4 is 5.32 Å². The minimum absolute atomic E-state index is 0.0327. The van der Waals surface area contributed by atoms with Gasteiger partial charge in [-0.2, -0.15) is 0 Å². The maximum Gasteiger partial charge on any atom is 0.269 e. The number of non-ortho nitro benzene ring substituents is 1. The molecule has 7 nitrogen and oxygen atoms in total. The SMILES string of the molecule is CC[C@@H](C(=O)NC)N(Cc1ccc(Cl)cc1)C(=O)CSCc1ccc([N+](=O)[O-])cc1. The first-order valence-corrected chi connectivity index (χ1v) is 11.0. The third kappa shape index (κ3) is 6.74. The van der Waals surface area contributed by atoms with Gasteiger partial charge in [0.1, 0.15) is 6.04 Å². The van der Waals surface area contributed by atoms with Crippen molar-refractivity contribution in [2.45, 2.75) is 31.7 Å². The van der Waals surface area contributed by atoms with E-state index in [0.29, 0.717) is 23.7 Å². The zero-order valence-corrected chi connectivity index (χ0v) is 18.4. The van der Waals surface area contributed by atoms with E-state index in [1.807, 2.05) is 19.1 Å². The number of nitro benzene ring substituents is 1. The molecule has 2 aromatic carbocycles. The molecule has 9 heteroatoms. The van der Waals surface area contributed by atoms with Crippen molar-refractivity contribution in [1.82, 2.24) is 10.2 Å². The minimum Gasteiger partial charge on any atom is -0.357 e. The van der Waals surface area contributed by atoms with E-state index in [1.165, 1.54) is 23.9 Å². The molecule has 0 unspecified atom stereocenters. The molecule has 0 aliphatic carbocycles. The van der Waals surface area contributed by atoms with Crippen molar-refractivity contribution in [2.75, 3.05) is 12.8 Å². The van der Waals surface area contributed by atoms with Crippen molar-refractivity contribution >= 4 is 40.9 Å². The summed E-state index contributed by atoms with van der Waals surface area (Å²) in [4.78, 5) is 37.2. The summed E-state index contributed by atoms with van der Waals surface area (Å²) in [5.74, 6) is 0.375. The van der Waals surface area contributed by atoms with Crippen molar-refractivity contribution in [2.24, 2.45) is 0 Å². The molecule has 1 N–H and O–H groups in total. The second-order valence-corrected chi connectivity index (χ2v) is 8.02. The minimum atomic E-state index is -0.571. The standard InChI is InChI=1S/C21H24ClN3O4S/c1-3-19(21(27)23-2)24(12-15-4-8-17(22)9-5-15)20(26)14-30-13-16-6-10-18(11-7-16)25(28)29/h4-11,19H,3,12-14H2,1-2H3,(H,23,27)/t19-/m0/s1. The Morgan fingerprint density at radius 1 is 1.13 bits per heavy atom. The fraction of sp³-hybridized carbons (Fsp3) is 0.333. The maximum atomic E-state index is 13.0. The number of carbonyl (C=O) groups excluding carboxylic acids is 2. The van der Waals surface area contributed by atoms with E-state index in [0.717, 1.165) is 11.1 Å². The molecule has 2 amide bonds. The lowest BCUT2D eigenvalue weighted by Crippen LogP contribution is -2.48. The summed E-state index contributed by atoms with van der Waals surface area (Å²) >= 11 is 7.35. The highest BCUT2D eigenvalue weighted by Gasteiger charge is 2.27. The molecule has 2 aromatic rings. The van der Waals surface area contributed by atoms with Gasteiger partial charge in [0.25, 0.3) is 5.69 Å². The number of nitrogens with one attached hydrogen (secondary N) is 1. The van der Waals surface area contributed by atoms with Crippen molar-refractivity contribution in [3.05, 3.63) is 74.8 Å². The molecular weight excluding hydrogens is 426 g/mol. The van der Waals surface area contributed by atoms with Gasteiger partial charge in [0.2, 0.25) is 11.8 Å². The second kappa shape index (κ2) is 11.6. The molecule has 0 aliphatic rings. The lowest BCUT2D eigenvalue weighted by atomic mass is 10.1. The van der Waals surface area contributed by atoms with Gasteiger partial charge in [-0.3, -0.25) is 19.7 Å². The molecule has 160 valence electrons. The number of nitro groups is 1. The van der Waals surface area contributed by atoms with Gasteiger partial charge in [-0.15, -0.1) is 11.8 Å². The molecule has 0 saturated carbocycles. The summed E-state index contributed by atoms with van der Waals surface area (Å²) in [6.45, 7) is 2.17. The molecule has 0 aromatic heterocycles. The largest absolute Gasteiger partial charge is 0.357 e. The van der Waals surface area contributed by atoms with E-state index < -0.39 is 11.0 Å². The fourth-order valence-corrected chi connectivity index (χ4v) is 3.92. The molecule has 0 heterocycles. The van der Waals surface area contributed by atoms with Crippen LogP contribution in [0.25, 0.3) is 0 Å². The Labute approximate surface area is 184 Å². The zero-order valence-electron chi connectivity index (χ0n) is 16.8. The monoisotopic (exact) mass is 449 g/mol. The molecule has 0 radical (unpaired) electrons. The number of carbonyl (C=O) groups is 2. The average Bonchev–Trinajstić information content (AvgIpc) is 2.75. The van der Waals surface area contributed by atoms with E-state index in [-0.39, 0.29) is 23.3 Å². The van der Waals surface area contributed by atoms with E-state index in [2.05, 4.69) is 5.32 Å². The van der Waals surface area contributed by atoms with Crippen LogP contribution in [0.2, 0.25) is 5.02 Å². The third-order valence-electron chi connectivity index (χ3n) is 4.54. The van der Waals surface area contributed by atoms with Crippen molar-refractivity contribution < 1.29 is 14.5 Å². The normalized spacial score (nSPS) is 11.6. The quantitative estimate of drug-likeness (QED) is 0.436. The van der Waals surface area contributed by atoms with Crippen LogP contribution >= 0.6 is 23.4 Å². The second-order valence-electron chi connectivity index (χ2n) is 6.60. The Hall–Kier alpha value is -2.58. The predicted octanol–water partition coefficient (Wildman–Crippen LogP) is 4.03. The fourth-order valence-electron chi connectivity index (χ4n) is 2.93. The number of likely N-dealkylation sites (N-methyl/N-ethyl adjacent to an activating group) is 1. The number of halogens is 1. The number of benzene rings is 2. The van der Waals surface area contributed by atoms with Crippen molar-refractivity contribution in [1.29, 1.82) is 0 Å². The van der Waals surface area contributed by atoms with E-state index in [4.69, 9.17) is 11.6 Å². The molecule has 2 rings (SSSR count). The van der Waals surface area contributed by atoms with Gasteiger partial charge in [-0.05, 0) is 29.7 Å². The Morgan fingerprint density at radius 3 is 2.27 bits per heavy atom. The van der Waals surface area contributed by atoms with E-state index >= 15 is 0 Å². The van der Waals surface area contributed by atoms with Gasteiger partial charge in [0.15, 0.2) is 0 Å². The average molecular weight is 450 g/mol. The smallest absolute Gasteiger partial charge is 0.269 e. The summed E-state index contributed by atoms with van der Waals surface area (Å²) in [6, 6.07) is 12.9. The molecular formula is C21H24ClN3O4S. The van der Waals surface area contributed by atoms with Crippen molar-refractivity contribution in [3.63, 3.8) is 0 Å². The van der Waals surface area contributed by atoms with Gasteiger partial charge < -0.3 is 10.2 Å². The van der Waals surface area contributed by atoms with Gasteiger partial charge in [-0.25, -0.2) is 0 Å². The third-order valence-corrected chi connectivity index (χ3v) is 5.78. The van der Waals surface area contributed by atoms with Crippen LogP contribution in [0.3, 0.4) is 0 Å². The topological polar surface area (TPSA) is 92.6 Å².